The smallest absolute Gasteiger partial charge is 0.243 e. The molecule has 158 valence electrons. The van der Waals surface area contributed by atoms with Crippen molar-refractivity contribution >= 4 is 32.2 Å². The van der Waals surface area contributed by atoms with Crippen molar-refractivity contribution in [3.63, 3.8) is 0 Å². The van der Waals surface area contributed by atoms with Crippen LogP contribution >= 0.6 is 11.3 Å². The van der Waals surface area contributed by atoms with Crippen LogP contribution in [0.1, 0.15) is 35.8 Å². The number of halogens is 1. The van der Waals surface area contributed by atoms with Gasteiger partial charge in [0.1, 0.15) is 5.82 Å². The van der Waals surface area contributed by atoms with Crippen molar-refractivity contribution in [1.29, 1.82) is 0 Å². The van der Waals surface area contributed by atoms with Gasteiger partial charge in [0.2, 0.25) is 10.0 Å². The van der Waals surface area contributed by atoms with Crippen LogP contribution in [0.5, 0.6) is 0 Å². The summed E-state index contributed by atoms with van der Waals surface area (Å²) in [5, 5.41) is 6.11. The Bertz CT molecular complexity index is 1150. The first-order chi connectivity index (χ1) is 14.3. The number of hydrogen-bond acceptors (Lipinski definition) is 6. The summed E-state index contributed by atoms with van der Waals surface area (Å²) in [6.07, 6.45) is 1.61. The molecule has 1 atom stereocenters. The maximum absolute atomic E-state index is 13.2. The summed E-state index contributed by atoms with van der Waals surface area (Å²) in [6, 6.07) is 8.91. The zero-order valence-electron chi connectivity index (χ0n) is 16.8. The Morgan fingerprint density at radius 2 is 1.90 bits per heavy atom. The molecule has 0 saturated carbocycles. The van der Waals surface area contributed by atoms with Gasteiger partial charge in [0.15, 0.2) is 5.13 Å². The topological polar surface area (TPSA) is 75.2 Å². The molecule has 0 aliphatic carbocycles. The Labute approximate surface area is 179 Å². The van der Waals surface area contributed by atoms with Crippen LogP contribution in [0.25, 0.3) is 0 Å². The number of aryl methyl sites for hydroxylation is 2. The second kappa shape index (κ2) is 8.41. The molecule has 6 nitrogen and oxygen atoms in total. The first-order valence-electron chi connectivity index (χ1n) is 9.75. The molecule has 2 aromatic heterocycles. The fourth-order valence-corrected chi connectivity index (χ4v) is 5.90. The molecule has 1 aliphatic heterocycles. The molecule has 0 bridgehead atoms. The summed E-state index contributed by atoms with van der Waals surface area (Å²) in [5.41, 5.74) is 3.58. The number of pyridine rings is 1. The molecule has 1 N–H and O–H groups in total. The van der Waals surface area contributed by atoms with E-state index in [9.17, 15) is 12.8 Å². The van der Waals surface area contributed by atoms with Crippen molar-refractivity contribution in [2.45, 2.75) is 37.5 Å². The van der Waals surface area contributed by atoms with Gasteiger partial charge in [-0.25, -0.2) is 17.8 Å². The van der Waals surface area contributed by atoms with Crippen LogP contribution in [0, 0.1) is 19.7 Å². The zero-order chi connectivity index (χ0) is 21.3. The van der Waals surface area contributed by atoms with Crippen molar-refractivity contribution in [2.24, 2.45) is 0 Å². The number of anilines is 2. The second-order valence-corrected chi connectivity index (χ2v) is 10.3. The van der Waals surface area contributed by atoms with E-state index in [1.807, 2.05) is 31.4 Å². The monoisotopic (exact) mass is 446 g/mol. The van der Waals surface area contributed by atoms with Gasteiger partial charge in [-0.3, -0.25) is 4.98 Å². The Kier molecular flexibility index (Phi) is 5.86. The summed E-state index contributed by atoms with van der Waals surface area (Å²) < 4.78 is 40.7. The molecule has 3 aromatic rings. The van der Waals surface area contributed by atoms with Crippen LogP contribution in [0.15, 0.2) is 46.7 Å². The lowest BCUT2D eigenvalue weighted by Crippen LogP contribution is -2.39. The SMILES string of the molecule is Cc1cc(Nc2nc(C)cs2)cc([C@H]2CCCN(S(=O)(=O)c3ccc(F)cc3)C2)n1. The molecule has 1 fully saturated rings. The Morgan fingerprint density at radius 1 is 1.13 bits per heavy atom. The van der Waals surface area contributed by atoms with Crippen LogP contribution in [-0.4, -0.2) is 35.8 Å². The highest BCUT2D eigenvalue weighted by Crippen LogP contribution is 2.31. The lowest BCUT2D eigenvalue weighted by atomic mass is 9.95. The fourth-order valence-electron chi connectivity index (χ4n) is 3.67. The third-order valence-electron chi connectivity index (χ3n) is 5.10. The predicted molar refractivity (Wildman–Crippen MR) is 116 cm³/mol. The van der Waals surface area contributed by atoms with Crippen LogP contribution in [0.3, 0.4) is 0 Å². The molecule has 0 radical (unpaired) electrons. The molecule has 0 spiro atoms. The summed E-state index contributed by atoms with van der Waals surface area (Å²) in [6.45, 7) is 4.68. The third-order valence-corrected chi connectivity index (χ3v) is 7.85. The number of sulfonamides is 1. The summed E-state index contributed by atoms with van der Waals surface area (Å²) in [4.78, 5) is 9.23. The van der Waals surface area contributed by atoms with Gasteiger partial charge in [-0.1, -0.05) is 0 Å². The van der Waals surface area contributed by atoms with Gasteiger partial charge in [-0.05, 0) is 63.1 Å². The molecule has 0 amide bonds. The van der Waals surface area contributed by atoms with Gasteiger partial charge in [0.25, 0.3) is 0 Å². The van der Waals surface area contributed by atoms with Crippen molar-refractivity contribution in [1.82, 2.24) is 14.3 Å². The molecular weight excluding hydrogens is 423 g/mol. The van der Waals surface area contributed by atoms with Crippen molar-refractivity contribution in [3.05, 3.63) is 64.7 Å². The van der Waals surface area contributed by atoms with Crippen LogP contribution in [0.4, 0.5) is 15.2 Å². The summed E-state index contributed by atoms with van der Waals surface area (Å²) in [5.74, 6) is -0.461. The average Bonchev–Trinajstić information content (AvgIpc) is 3.12. The van der Waals surface area contributed by atoms with Gasteiger partial charge in [0, 0.05) is 41.5 Å². The number of nitrogens with zero attached hydrogens (tertiary/aromatic N) is 3. The maximum Gasteiger partial charge on any atom is 0.243 e. The fraction of sp³-hybridized carbons (Fsp3) is 0.333. The van der Waals surface area contributed by atoms with Crippen LogP contribution < -0.4 is 5.32 Å². The number of rotatable bonds is 5. The van der Waals surface area contributed by atoms with E-state index in [1.165, 1.54) is 39.9 Å². The molecule has 30 heavy (non-hydrogen) atoms. The molecule has 1 aliphatic rings. The highest BCUT2D eigenvalue weighted by molar-refractivity contribution is 7.89. The minimum atomic E-state index is -3.67. The average molecular weight is 447 g/mol. The standard InChI is InChI=1S/C21H23FN4O2S2/c1-14-10-18(25-21-24-15(2)13-29-21)11-20(23-14)16-4-3-9-26(12-16)30(27,28)19-7-5-17(22)6-8-19/h5-8,10-11,13,16H,3-4,9,12H2,1-2H3,(H,23,24,25)/t16-/m0/s1. The van der Waals surface area contributed by atoms with Gasteiger partial charge in [-0.2, -0.15) is 4.31 Å². The number of piperidine rings is 1. The molecule has 3 heterocycles. The molecule has 9 heteroatoms. The number of hydrogen-bond donors (Lipinski definition) is 1. The van der Waals surface area contributed by atoms with E-state index >= 15 is 0 Å². The van der Waals surface area contributed by atoms with Gasteiger partial charge in [-0.15, -0.1) is 11.3 Å². The van der Waals surface area contributed by atoms with Crippen molar-refractivity contribution in [3.8, 4) is 0 Å². The molecular formula is C21H23FN4O2S2. The molecule has 1 saturated heterocycles. The molecule has 1 aromatic carbocycles. The zero-order valence-corrected chi connectivity index (χ0v) is 18.4. The minimum Gasteiger partial charge on any atom is -0.331 e. The van der Waals surface area contributed by atoms with Crippen molar-refractivity contribution < 1.29 is 12.8 Å². The largest absolute Gasteiger partial charge is 0.331 e. The predicted octanol–water partition coefficient (Wildman–Crippen LogP) is 4.61. The minimum absolute atomic E-state index is 0.00699. The van der Waals surface area contributed by atoms with E-state index in [1.54, 1.807) is 0 Å². The van der Waals surface area contributed by atoms with Crippen molar-refractivity contribution in [2.75, 3.05) is 18.4 Å². The second-order valence-electron chi connectivity index (χ2n) is 7.50. The number of thiazole rings is 1. The van der Waals surface area contributed by atoms with Gasteiger partial charge in [0.05, 0.1) is 10.6 Å². The lowest BCUT2D eigenvalue weighted by Gasteiger charge is -2.32. The highest BCUT2D eigenvalue weighted by Gasteiger charge is 2.31. The summed E-state index contributed by atoms with van der Waals surface area (Å²) >= 11 is 1.54. The lowest BCUT2D eigenvalue weighted by molar-refractivity contribution is 0.312. The van der Waals surface area contributed by atoms with Crippen LogP contribution in [0.2, 0.25) is 0 Å². The molecule has 0 unspecified atom stereocenters. The number of aromatic nitrogens is 2. The Hall–Kier alpha value is -2.36. The van der Waals surface area contributed by atoms with Gasteiger partial charge >= 0.3 is 0 Å². The summed E-state index contributed by atoms with van der Waals surface area (Å²) in [7, 11) is -3.67. The number of nitrogens with one attached hydrogen (secondary N) is 1. The third kappa shape index (κ3) is 4.53. The first-order valence-corrected chi connectivity index (χ1v) is 12.1. The Balaban J connectivity index is 1.56. The highest BCUT2D eigenvalue weighted by atomic mass is 32.2. The Morgan fingerprint density at radius 3 is 2.60 bits per heavy atom. The van der Waals surface area contributed by atoms with E-state index in [4.69, 9.17) is 0 Å². The van der Waals surface area contributed by atoms with E-state index in [-0.39, 0.29) is 10.8 Å². The molecule has 4 rings (SSSR count). The van der Waals surface area contributed by atoms with E-state index < -0.39 is 15.8 Å². The quantitative estimate of drug-likeness (QED) is 0.620. The van der Waals surface area contributed by atoms with E-state index in [0.29, 0.717) is 13.1 Å². The maximum atomic E-state index is 13.2. The normalized spacial score (nSPS) is 17.8. The van der Waals surface area contributed by atoms with Crippen LogP contribution in [-0.2, 0) is 10.0 Å². The van der Waals surface area contributed by atoms with Gasteiger partial charge < -0.3 is 5.32 Å². The first kappa shape index (κ1) is 20.9. The van der Waals surface area contributed by atoms with E-state index in [0.717, 1.165) is 40.7 Å². The van der Waals surface area contributed by atoms with E-state index in [2.05, 4.69) is 15.3 Å². The number of benzene rings is 1.